The molecule has 0 saturated carbocycles. The smallest absolute Gasteiger partial charge is 0.340 e. The van der Waals surface area contributed by atoms with Crippen molar-refractivity contribution in [2.45, 2.75) is 13.0 Å². The van der Waals surface area contributed by atoms with Crippen LogP contribution in [0.2, 0.25) is 0 Å². The zero-order chi connectivity index (χ0) is 20.2. The molecular weight excluding hydrogens is 364 g/mol. The van der Waals surface area contributed by atoms with Crippen LogP contribution in [-0.4, -0.2) is 23.5 Å². The standard InChI is InChI=1S/C24H20N2O3/c1-16(19-12-4-8-17-7-2-3-11-20(17)19)26-22(27)15-29-24(28)21-13-5-9-18-10-6-14-25-23(18)21/h2-14,16H,15H2,1H3,(H,26,27)/t16-/m1/s1. The van der Waals surface area contributed by atoms with Gasteiger partial charge in [0.1, 0.15) is 0 Å². The van der Waals surface area contributed by atoms with Crippen molar-refractivity contribution in [2.24, 2.45) is 0 Å². The number of carbonyl (C=O) groups excluding carboxylic acids is 2. The molecule has 5 heteroatoms. The maximum Gasteiger partial charge on any atom is 0.340 e. The molecular formula is C24H20N2O3. The minimum Gasteiger partial charge on any atom is -0.452 e. The third-order valence-corrected chi connectivity index (χ3v) is 4.85. The summed E-state index contributed by atoms with van der Waals surface area (Å²) in [5.41, 5.74) is 1.92. The van der Waals surface area contributed by atoms with Crippen LogP contribution in [0.4, 0.5) is 0 Å². The number of nitrogens with zero attached hydrogens (tertiary/aromatic N) is 1. The fourth-order valence-corrected chi connectivity index (χ4v) is 3.47. The first-order valence-electron chi connectivity index (χ1n) is 9.41. The number of carbonyl (C=O) groups is 2. The topological polar surface area (TPSA) is 68.3 Å². The number of hydrogen-bond acceptors (Lipinski definition) is 4. The molecule has 1 heterocycles. The number of amides is 1. The van der Waals surface area contributed by atoms with Gasteiger partial charge >= 0.3 is 5.97 Å². The predicted molar refractivity (Wildman–Crippen MR) is 113 cm³/mol. The second-order valence-electron chi connectivity index (χ2n) is 6.81. The molecule has 1 atom stereocenters. The number of esters is 1. The highest BCUT2D eigenvalue weighted by Gasteiger charge is 2.16. The molecule has 0 saturated heterocycles. The first-order valence-corrected chi connectivity index (χ1v) is 9.41. The lowest BCUT2D eigenvalue weighted by molar-refractivity contribution is -0.124. The summed E-state index contributed by atoms with van der Waals surface area (Å²) in [5.74, 6) is -0.922. The largest absolute Gasteiger partial charge is 0.452 e. The summed E-state index contributed by atoms with van der Waals surface area (Å²) >= 11 is 0. The van der Waals surface area contributed by atoms with Crippen molar-refractivity contribution in [3.8, 4) is 0 Å². The highest BCUT2D eigenvalue weighted by molar-refractivity contribution is 6.03. The summed E-state index contributed by atoms with van der Waals surface area (Å²) in [5, 5.41) is 5.94. The lowest BCUT2D eigenvalue weighted by Crippen LogP contribution is -2.31. The van der Waals surface area contributed by atoms with Gasteiger partial charge in [-0.15, -0.1) is 0 Å². The van der Waals surface area contributed by atoms with E-state index in [0.717, 1.165) is 21.7 Å². The van der Waals surface area contributed by atoms with Crippen LogP contribution in [0.1, 0.15) is 28.9 Å². The van der Waals surface area contributed by atoms with E-state index in [4.69, 9.17) is 4.74 Å². The number of fused-ring (bicyclic) bond motifs is 2. The van der Waals surface area contributed by atoms with E-state index in [1.54, 1.807) is 24.4 Å². The third kappa shape index (κ3) is 3.94. The van der Waals surface area contributed by atoms with Crippen LogP contribution in [0.3, 0.4) is 0 Å². The fourth-order valence-electron chi connectivity index (χ4n) is 3.47. The van der Waals surface area contributed by atoms with E-state index in [1.165, 1.54) is 0 Å². The minimum atomic E-state index is -0.567. The van der Waals surface area contributed by atoms with Crippen molar-refractivity contribution in [3.05, 3.63) is 90.1 Å². The maximum atomic E-state index is 12.5. The molecule has 0 radical (unpaired) electrons. The summed E-state index contributed by atoms with van der Waals surface area (Å²) in [6.07, 6.45) is 1.62. The summed E-state index contributed by atoms with van der Waals surface area (Å²) in [4.78, 5) is 29.1. The third-order valence-electron chi connectivity index (χ3n) is 4.85. The van der Waals surface area contributed by atoms with Crippen molar-refractivity contribution in [1.82, 2.24) is 10.3 Å². The van der Waals surface area contributed by atoms with Gasteiger partial charge < -0.3 is 10.1 Å². The molecule has 1 N–H and O–H groups in total. The van der Waals surface area contributed by atoms with Crippen LogP contribution in [0.15, 0.2) is 79.0 Å². The van der Waals surface area contributed by atoms with Crippen molar-refractivity contribution < 1.29 is 14.3 Å². The molecule has 5 nitrogen and oxygen atoms in total. The molecule has 0 aliphatic heterocycles. The van der Waals surface area contributed by atoms with Gasteiger partial charge in [0.25, 0.3) is 5.91 Å². The van der Waals surface area contributed by atoms with Gasteiger partial charge in [0.15, 0.2) is 6.61 Å². The molecule has 0 unspecified atom stereocenters. The Morgan fingerprint density at radius 1 is 0.931 bits per heavy atom. The van der Waals surface area contributed by atoms with E-state index < -0.39 is 5.97 Å². The molecule has 29 heavy (non-hydrogen) atoms. The molecule has 0 aliphatic rings. The molecule has 3 aromatic carbocycles. The summed E-state index contributed by atoms with van der Waals surface area (Å²) in [6.45, 7) is 1.56. The average Bonchev–Trinajstić information content (AvgIpc) is 2.76. The van der Waals surface area contributed by atoms with Crippen molar-refractivity contribution >= 4 is 33.6 Å². The zero-order valence-corrected chi connectivity index (χ0v) is 16.0. The quantitative estimate of drug-likeness (QED) is 0.517. The van der Waals surface area contributed by atoms with Crippen molar-refractivity contribution in [2.75, 3.05) is 6.61 Å². The Balaban J connectivity index is 1.42. The summed E-state index contributed by atoms with van der Waals surface area (Å²) in [6, 6.07) is 22.8. The highest BCUT2D eigenvalue weighted by Crippen LogP contribution is 2.24. The number of pyridine rings is 1. The van der Waals surface area contributed by atoms with Gasteiger partial charge in [-0.25, -0.2) is 4.79 Å². The number of rotatable bonds is 5. The second kappa shape index (κ2) is 8.10. The second-order valence-corrected chi connectivity index (χ2v) is 6.81. The first-order chi connectivity index (χ1) is 14.1. The number of nitrogens with one attached hydrogen (secondary N) is 1. The Labute approximate surface area is 168 Å². The number of benzene rings is 3. The van der Waals surface area contributed by atoms with E-state index in [1.807, 2.05) is 61.5 Å². The normalized spacial score (nSPS) is 11.9. The highest BCUT2D eigenvalue weighted by atomic mass is 16.5. The van der Waals surface area contributed by atoms with E-state index in [-0.39, 0.29) is 18.6 Å². The number of para-hydroxylation sites is 1. The number of aromatic nitrogens is 1. The lowest BCUT2D eigenvalue weighted by Gasteiger charge is -2.16. The minimum absolute atomic E-state index is 0.216. The van der Waals surface area contributed by atoms with Gasteiger partial charge in [0.05, 0.1) is 17.1 Å². The average molecular weight is 384 g/mol. The van der Waals surface area contributed by atoms with E-state index >= 15 is 0 Å². The number of ether oxygens (including phenoxy) is 1. The van der Waals surface area contributed by atoms with Gasteiger partial charge in [0, 0.05) is 11.6 Å². The molecule has 1 aromatic heterocycles. The van der Waals surface area contributed by atoms with Crippen molar-refractivity contribution in [3.63, 3.8) is 0 Å². The Morgan fingerprint density at radius 3 is 2.55 bits per heavy atom. The van der Waals surface area contributed by atoms with E-state index in [9.17, 15) is 9.59 Å². The molecule has 0 aliphatic carbocycles. The number of hydrogen-bond donors (Lipinski definition) is 1. The lowest BCUT2D eigenvalue weighted by atomic mass is 10.00. The molecule has 0 fully saturated rings. The molecule has 144 valence electrons. The van der Waals surface area contributed by atoms with Gasteiger partial charge in [-0.3, -0.25) is 9.78 Å². The molecule has 4 aromatic rings. The van der Waals surface area contributed by atoms with Crippen LogP contribution in [0, 0.1) is 0 Å². The van der Waals surface area contributed by atoms with E-state index in [2.05, 4.69) is 10.3 Å². The Kier molecular flexibility index (Phi) is 5.20. The maximum absolute atomic E-state index is 12.5. The predicted octanol–water partition coefficient (Wildman–Crippen LogP) is 4.42. The van der Waals surface area contributed by atoms with Gasteiger partial charge in [-0.05, 0) is 35.4 Å². The Morgan fingerprint density at radius 2 is 1.66 bits per heavy atom. The fraction of sp³-hybridized carbons (Fsp3) is 0.125. The first kappa shape index (κ1) is 18.6. The molecule has 0 spiro atoms. The molecule has 4 rings (SSSR count). The zero-order valence-electron chi connectivity index (χ0n) is 16.0. The Hall–Kier alpha value is -3.73. The SMILES string of the molecule is C[C@@H](NC(=O)COC(=O)c1cccc2cccnc12)c1cccc2ccccc12. The van der Waals surface area contributed by atoms with Gasteiger partial charge in [-0.2, -0.15) is 0 Å². The Bertz CT molecular complexity index is 1190. The van der Waals surface area contributed by atoms with Crippen LogP contribution < -0.4 is 5.32 Å². The van der Waals surface area contributed by atoms with Crippen molar-refractivity contribution in [1.29, 1.82) is 0 Å². The molecule has 1 amide bonds. The summed E-state index contributed by atoms with van der Waals surface area (Å²) < 4.78 is 5.23. The van der Waals surface area contributed by atoms with Crippen LogP contribution in [-0.2, 0) is 9.53 Å². The van der Waals surface area contributed by atoms with Crippen LogP contribution >= 0.6 is 0 Å². The van der Waals surface area contributed by atoms with Crippen LogP contribution in [0.25, 0.3) is 21.7 Å². The van der Waals surface area contributed by atoms with Gasteiger partial charge in [0.2, 0.25) is 0 Å². The van der Waals surface area contributed by atoms with Gasteiger partial charge in [-0.1, -0.05) is 60.7 Å². The van der Waals surface area contributed by atoms with Crippen LogP contribution in [0.5, 0.6) is 0 Å². The molecule has 0 bridgehead atoms. The monoisotopic (exact) mass is 384 g/mol. The summed E-state index contributed by atoms with van der Waals surface area (Å²) in [7, 11) is 0. The van der Waals surface area contributed by atoms with E-state index in [0.29, 0.717) is 11.1 Å².